The maximum absolute atomic E-state index is 13.9. The summed E-state index contributed by atoms with van der Waals surface area (Å²) in [4.78, 5) is 2.43. The Hall–Kier alpha value is -0.930. The zero-order chi connectivity index (χ0) is 14.2. The second kappa shape index (κ2) is 5.12. The van der Waals surface area contributed by atoms with E-state index in [2.05, 4.69) is 24.1 Å². The van der Waals surface area contributed by atoms with Gasteiger partial charge in [-0.3, -0.25) is 4.90 Å². The molecule has 1 spiro atoms. The summed E-state index contributed by atoms with van der Waals surface area (Å²) < 4.78 is 13.9. The molecule has 1 aliphatic heterocycles. The minimum Gasteiger partial charge on any atom is -0.304 e. The summed E-state index contributed by atoms with van der Waals surface area (Å²) in [7, 11) is 0. The molecule has 2 fully saturated rings. The van der Waals surface area contributed by atoms with E-state index in [0.717, 1.165) is 25.2 Å². The van der Waals surface area contributed by atoms with Crippen molar-refractivity contribution in [2.75, 3.05) is 13.1 Å². The zero-order valence-electron chi connectivity index (χ0n) is 12.6. The zero-order valence-corrected chi connectivity index (χ0v) is 12.6. The quantitative estimate of drug-likeness (QED) is 0.891. The van der Waals surface area contributed by atoms with Crippen molar-refractivity contribution in [3.05, 3.63) is 35.6 Å². The molecular formula is C17H25FN2. The van der Waals surface area contributed by atoms with Crippen LogP contribution in [0.4, 0.5) is 4.39 Å². The lowest BCUT2D eigenvalue weighted by molar-refractivity contribution is 0.0566. The molecule has 1 aromatic carbocycles. The van der Waals surface area contributed by atoms with Gasteiger partial charge in [-0.05, 0) is 32.8 Å². The predicted octanol–water partition coefficient (Wildman–Crippen LogP) is 3.32. The average Bonchev–Trinajstić information content (AvgIpc) is 2.77. The van der Waals surface area contributed by atoms with Crippen LogP contribution in [0.2, 0.25) is 0 Å². The van der Waals surface area contributed by atoms with Gasteiger partial charge < -0.3 is 5.32 Å². The second-order valence-electron chi connectivity index (χ2n) is 7.23. The van der Waals surface area contributed by atoms with Gasteiger partial charge in [0.05, 0.1) is 0 Å². The van der Waals surface area contributed by atoms with E-state index < -0.39 is 0 Å². The topological polar surface area (TPSA) is 15.3 Å². The lowest BCUT2D eigenvalue weighted by atomic mass is 9.87. The Balaban J connectivity index is 1.77. The van der Waals surface area contributed by atoms with E-state index >= 15 is 0 Å². The monoisotopic (exact) mass is 276 g/mol. The molecule has 3 heteroatoms. The highest BCUT2D eigenvalue weighted by atomic mass is 19.1. The van der Waals surface area contributed by atoms with Crippen LogP contribution in [0.25, 0.3) is 0 Å². The van der Waals surface area contributed by atoms with Gasteiger partial charge in [-0.15, -0.1) is 0 Å². The summed E-state index contributed by atoms with van der Waals surface area (Å²) in [6.45, 7) is 7.27. The highest BCUT2D eigenvalue weighted by molar-refractivity contribution is 5.18. The van der Waals surface area contributed by atoms with Crippen molar-refractivity contribution in [1.82, 2.24) is 10.2 Å². The standard InChI is InChI=1S/C17H25FN2/c1-16(2)12-20(11-14-7-3-4-8-15(14)18)13-17(19-16)9-5-6-10-17/h3-4,7-8,19H,5-6,9-13H2,1-2H3. The maximum atomic E-state index is 13.9. The molecule has 0 bridgehead atoms. The molecule has 1 heterocycles. The average molecular weight is 276 g/mol. The number of hydrogen-bond acceptors (Lipinski definition) is 2. The fraction of sp³-hybridized carbons (Fsp3) is 0.647. The Labute approximate surface area is 121 Å². The van der Waals surface area contributed by atoms with E-state index in [1.54, 1.807) is 12.1 Å². The lowest BCUT2D eigenvalue weighted by Gasteiger charge is -2.50. The normalized spacial score (nSPS) is 25.1. The third-order valence-electron chi connectivity index (χ3n) is 4.66. The SMILES string of the molecule is CC1(C)CN(Cc2ccccc2F)CC2(CCCC2)N1. The van der Waals surface area contributed by atoms with Crippen molar-refractivity contribution in [2.45, 2.75) is 57.2 Å². The van der Waals surface area contributed by atoms with E-state index in [9.17, 15) is 4.39 Å². The third kappa shape index (κ3) is 2.89. The maximum Gasteiger partial charge on any atom is 0.127 e. The van der Waals surface area contributed by atoms with Crippen LogP contribution in [-0.4, -0.2) is 29.1 Å². The molecule has 1 aromatic rings. The summed E-state index contributed by atoms with van der Waals surface area (Å²) in [5.41, 5.74) is 1.18. The van der Waals surface area contributed by atoms with Crippen LogP contribution < -0.4 is 5.32 Å². The number of halogens is 1. The molecule has 1 saturated heterocycles. The van der Waals surface area contributed by atoms with Gasteiger partial charge in [0.1, 0.15) is 5.82 Å². The molecule has 2 nitrogen and oxygen atoms in total. The molecule has 0 unspecified atom stereocenters. The molecule has 2 aliphatic rings. The molecular weight excluding hydrogens is 251 g/mol. The second-order valence-corrected chi connectivity index (χ2v) is 7.23. The summed E-state index contributed by atoms with van der Waals surface area (Å²) >= 11 is 0. The Morgan fingerprint density at radius 2 is 1.85 bits per heavy atom. The van der Waals surface area contributed by atoms with Crippen LogP contribution in [0.3, 0.4) is 0 Å². The first kappa shape index (κ1) is 14.0. The van der Waals surface area contributed by atoms with Crippen molar-refractivity contribution in [1.29, 1.82) is 0 Å². The number of rotatable bonds is 2. The molecule has 20 heavy (non-hydrogen) atoms. The van der Waals surface area contributed by atoms with E-state index in [4.69, 9.17) is 0 Å². The minimum absolute atomic E-state index is 0.0793. The molecule has 0 radical (unpaired) electrons. The summed E-state index contributed by atoms with van der Waals surface area (Å²) in [5.74, 6) is -0.0793. The van der Waals surface area contributed by atoms with Gasteiger partial charge in [0.15, 0.2) is 0 Å². The van der Waals surface area contributed by atoms with Crippen LogP contribution in [0.5, 0.6) is 0 Å². The van der Waals surface area contributed by atoms with E-state index in [1.165, 1.54) is 25.7 Å². The Morgan fingerprint density at radius 1 is 1.15 bits per heavy atom. The van der Waals surface area contributed by atoms with Gasteiger partial charge in [0.25, 0.3) is 0 Å². The molecule has 110 valence electrons. The predicted molar refractivity (Wildman–Crippen MR) is 80.1 cm³/mol. The van der Waals surface area contributed by atoms with Crippen molar-refractivity contribution in [3.8, 4) is 0 Å². The van der Waals surface area contributed by atoms with E-state index in [0.29, 0.717) is 0 Å². The fourth-order valence-corrected chi connectivity index (χ4v) is 4.15. The van der Waals surface area contributed by atoms with Crippen LogP contribution in [0.1, 0.15) is 45.1 Å². The molecule has 0 amide bonds. The number of hydrogen-bond donors (Lipinski definition) is 1. The van der Waals surface area contributed by atoms with Gasteiger partial charge in [0, 0.05) is 36.3 Å². The first-order valence-corrected chi connectivity index (χ1v) is 7.73. The van der Waals surface area contributed by atoms with Gasteiger partial charge in [-0.25, -0.2) is 4.39 Å². The first-order chi connectivity index (χ1) is 9.48. The highest BCUT2D eigenvalue weighted by Crippen LogP contribution is 2.36. The Morgan fingerprint density at radius 3 is 2.55 bits per heavy atom. The summed E-state index contributed by atoms with van der Waals surface area (Å²) in [5, 5.41) is 3.86. The summed E-state index contributed by atoms with van der Waals surface area (Å²) in [6.07, 6.45) is 5.14. The van der Waals surface area contributed by atoms with Gasteiger partial charge in [-0.2, -0.15) is 0 Å². The number of nitrogens with one attached hydrogen (secondary N) is 1. The lowest BCUT2D eigenvalue weighted by Crippen LogP contribution is -2.67. The number of piperazine rings is 1. The van der Waals surface area contributed by atoms with Crippen LogP contribution in [-0.2, 0) is 6.54 Å². The van der Waals surface area contributed by atoms with Gasteiger partial charge in [-0.1, -0.05) is 31.0 Å². The van der Waals surface area contributed by atoms with Crippen molar-refractivity contribution in [2.24, 2.45) is 0 Å². The molecule has 1 N–H and O–H groups in total. The van der Waals surface area contributed by atoms with E-state index in [-0.39, 0.29) is 16.9 Å². The third-order valence-corrected chi connectivity index (χ3v) is 4.66. The van der Waals surface area contributed by atoms with Gasteiger partial charge in [0.2, 0.25) is 0 Å². The molecule has 0 atom stereocenters. The number of nitrogens with zero attached hydrogens (tertiary/aromatic N) is 1. The molecule has 0 aromatic heterocycles. The molecule has 1 aliphatic carbocycles. The van der Waals surface area contributed by atoms with Gasteiger partial charge >= 0.3 is 0 Å². The minimum atomic E-state index is -0.0793. The fourth-order valence-electron chi connectivity index (χ4n) is 4.15. The first-order valence-electron chi connectivity index (χ1n) is 7.73. The highest BCUT2D eigenvalue weighted by Gasteiger charge is 2.43. The van der Waals surface area contributed by atoms with Crippen LogP contribution >= 0.6 is 0 Å². The summed E-state index contributed by atoms with van der Waals surface area (Å²) in [6, 6.07) is 7.16. The van der Waals surface area contributed by atoms with Crippen molar-refractivity contribution >= 4 is 0 Å². The van der Waals surface area contributed by atoms with Crippen LogP contribution in [0, 0.1) is 5.82 Å². The Kier molecular flexibility index (Phi) is 3.59. The molecule has 3 rings (SSSR count). The van der Waals surface area contributed by atoms with Crippen molar-refractivity contribution < 1.29 is 4.39 Å². The van der Waals surface area contributed by atoms with Crippen molar-refractivity contribution in [3.63, 3.8) is 0 Å². The van der Waals surface area contributed by atoms with E-state index in [1.807, 2.05) is 12.1 Å². The molecule has 1 saturated carbocycles. The smallest absolute Gasteiger partial charge is 0.127 e. The Bertz CT molecular complexity index is 478. The van der Waals surface area contributed by atoms with Crippen LogP contribution in [0.15, 0.2) is 24.3 Å². The largest absolute Gasteiger partial charge is 0.304 e. The number of benzene rings is 1.